The molecule has 2 aromatic carbocycles. The first-order valence-electron chi connectivity index (χ1n) is 15.2. The van der Waals surface area contributed by atoms with Gasteiger partial charge in [0.1, 0.15) is 23.9 Å². The predicted molar refractivity (Wildman–Crippen MR) is 173 cm³/mol. The van der Waals surface area contributed by atoms with Crippen molar-refractivity contribution in [3.63, 3.8) is 0 Å². The van der Waals surface area contributed by atoms with Crippen LogP contribution in [0.5, 0.6) is 5.75 Å². The predicted octanol–water partition coefficient (Wildman–Crippen LogP) is -1.80. The molecule has 0 bridgehead atoms. The molecule has 0 saturated heterocycles. The van der Waals surface area contributed by atoms with Gasteiger partial charge < -0.3 is 48.3 Å². The molecule has 0 aliphatic heterocycles. The van der Waals surface area contributed by atoms with Crippen LogP contribution in [0.25, 0.3) is 0 Å². The summed E-state index contributed by atoms with van der Waals surface area (Å²) in [5.74, 6) is -6.15. The second-order valence-electron chi connectivity index (χ2n) is 11.4. The smallest absolute Gasteiger partial charge is 0.326 e. The minimum atomic E-state index is -1.42. The maximum atomic E-state index is 13.4. The molecule has 0 unspecified atom stereocenters. The zero-order valence-electron chi connectivity index (χ0n) is 26.7. The van der Waals surface area contributed by atoms with Gasteiger partial charge in [-0.25, -0.2) is 4.79 Å². The number of rotatable bonds is 19. The van der Waals surface area contributed by atoms with Gasteiger partial charge in [0.05, 0.1) is 19.1 Å². The van der Waals surface area contributed by atoms with Crippen molar-refractivity contribution in [2.45, 2.75) is 63.7 Å². The highest BCUT2D eigenvalue weighted by atomic mass is 16.4. The summed E-state index contributed by atoms with van der Waals surface area (Å²) in [7, 11) is 0. The molecular formula is C32H43N7O9. The van der Waals surface area contributed by atoms with Gasteiger partial charge in [-0.1, -0.05) is 56.3 Å². The number of carboxylic acid groups (broad SMARTS) is 1. The number of aromatic hydroxyl groups is 1. The van der Waals surface area contributed by atoms with Gasteiger partial charge >= 0.3 is 5.97 Å². The fourth-order valence-corrected chi connectivity index (χ4v) is 4.42. The Labute approximate surface area is 277 Å². The van der Waals surface area contributed by atoms with Gasteiger partial charge in [-0.2, -0.15) is 0 Å². The number of phenolic OH excluding ortho intramolecular Hbond substituents is 1. The quantitative estimate of drug-likeness (QED) is 0.0809. The number of nitrogens with one attached hydrogen (secondary N) is 5. The Morgan fingerprint density at radius 3 is 1.90 bits per heavy atom. The number of aliphatic carboxylic acids is 1. The van der Waals surface area contributed by atoms with Crippen LogP contribution >= 0.6 is 0 Å². The fourth-order valence-electron chi connectivity index (χ4n) is 4.42. The summed E-state index contributed by atoms with van der Waals surface area (Å²) in [6, 6.07) is 10.0. The first-order chi connectivity index (χ1) is 22.7. The zero-order chi connectivity index (χ0) is 35.8. The average Bonchev–Trinajstić information content (AvgIpc) is 3.03. The molecule has 0 spiro atoms. The molecule has 260 valence electrons. The molecule has 16 heteroatoms. The van der Waals surface area contributed by atoms with E-state index in [-0.39, 0.29) is 31.4 Å². The van der Waals surface area contributed by atoms with E-state index >= 15 is 0 Å². The van der Waals surface area contributed by atoms with Crippen molar-refractivity contribution in [1.82, 2.24) is 26.6 Å². The molecule has 6 amide bonds. The minimum absolute atomic E-state index is 0.0180. The molecule has 2 rings (SSSR count). The number of nitrogens with two attached hydrogens (primary N) is 2. The number of primary amides is 1. The summed E-state index contributed by atoms with van der Waals surface area (Å²) >= 11 is 0. The summed E-state index contributed by atoms with van der Waals surface area (Å²) in [6.45, 7) is 2.25. The molecule has 0 radical (unpaired) electrons. The molecule has 11 N–H and O–H groups in total. The van der Waals surface area contributed by atoms with E-state index in [0.29, 0.717) is 11.1 Å². The third kappa shape index (κ3) is 13.9. The molecule has 4 atom stereocenters. The van der Waals surface area contributed by atoms with Gasteiger partial charge in [0.15, 0.2) is 0 Å². The van der Waals surface area contributed by atoms with E-state index in [4.69, 9.17) is 11.5 Å². The fraction of sp³-hybridized carbons (Fsp3) is 0.406. The number of amides is 6. The lowest BCUT2D eigenvalue weighted by Gasteiger charge is -2.26. The van der Waals surface area contributed by atoms with Crippen LogP contribution in [0.1, 0.15) is 37.8 Å². The van der Waals surface area contributed by atoms with Gasteiger partial charge in [-0.15, -0.1) is 0 Å². The zero-order valence-corrected chi connectivity index (χ0v) is 26.7. The molecular weight excluding hydrogens is 626 g/mol. The molecule has 48 heavy (non-hydrogen) atoms. The largest absolute Gasteiger partial charge is 0.508 e. The topological polar surface area (TPSA) is 272 Å². The van der Waals surface area contributed by atoms with Crippen LogP contribution in [0.3, 0.4) is 0 Å². The van der Waals surface area contributed by atoms with Crippen molar-refractivity contribution >= 4 is 41.4 Å². The maximum absolute atomic E-state index is 13.4. The van der Waals surface area contributed by atoms with Gasteiger partial charge in [0, 0.05) is 12.8 Å². The number of benzene rings is 2. The SMILES string of the molecule is CC(C)[C@H](NC(=O)[C@H](Cc1ccccc1)NC(=O)CNC(=O)CNC(=O)[C@@H](N)Cc1ccc(O)cc1)C(=O)N[C@@H](CCC(N)=O)C(=O)O. The van der Waals surface area contributed by atoms with E-state index < -0.39 is 84.6 Å². The van der Waals surface area contributed by atoms with Crippen LogP contribution in [0, 0.1) is 5.92 Å². The lowest BCUT2D eigenvalue weighted by Crippen LogP contribution is -2.58. The number of phenols is 1. The van der Waals surface area contributed by atoms with Crippen LogP contribution in [0.15, 0.2) is 54.6 Å². The van der Waals surface area contributed by atoms with Crippen LogP contribution in [0.4, 0.5) is 0 Å². The second kappa shape index (κ2) is 19.2. The summed E-state index contributed by atoms with van der Waals surface area (Å²) < 4.78 is 0. The van der Waals surface area contributed by atoms with Crippen molar-refractivity contribution in [1.29, 1.82) is 0 Å². The van der Waals surface area contributed by atoms with E-state index in [9.17, 15) is 43.8 Å². The van der Waals surface area contributed by atoms with E-state index in [0.717, 1.165) is 0 Å². The van der Waals surface area contributed by atoms with Crippen molar-refractivity contribution < 1.29 is 43.8 Å². The lowest BCUT2D eigenvalue weighted by atomic mass is 10.00. The van der Waals surface area contributed by atoms with E-state index in [1.54, 1.807) is 56.3 Å². The van der Waals surface area contributed by atoms with Crippen molar-refractivity contribution in [3.8, 4) is 5.75 Å². The van der Waals surface area contributed by atoms with Gasteiger partial charge in [0.25, 0.3) is 0 Å². The Morgan fingerprint density at radius 2 is 1.31 bits per heavy atom. The summed E-state index contributed by atoms with van der Waals surface area (Å²) in [5.41, 5.74) is 12.4. The standard InChI is InChI=1S/C32H43N7O9/c1-18(2)28(31(46)38-23(32(47)48)12-13-25(34)41)39-30(45)24(15-19-6-4-3-5-7-19)37-27(43)17-35-26(42)16-36-29(44)22(33)14-20-8-10-21(40)11-9-20/h3-11,18,22-24,28,40H,12-17,33H2,1-2H3,(H2,34,41)(H,35,42)(H,36,44)(H,37,43)(H,38,46)(H,39,45)(H,47,48)/t22-,23-,24-,28-/m0/s1. The average molecular weight is 670 g/mol. The number of carbonyl (C=O) groups is 7. The normalized spacial score (nSPS) is 13.2. The number of hydrogen-bond acceptors (Lipinski definition) is 9. The minimum Gasteiger partial charge on any atom is -0.508 e. The Bertz CT molecular complexity index is 1440. The van der Waals surface area contributed by atoms with Crippen molar-refractivity contribution in [2.75, 3.05) is 13.1 Å². The number of carboxylic acids is 1. The highest BCUT2D eigenvalue weighted by Gasteiger charge is 2.31. The van der Waals surface area contributed by atoms with E-state index in [1.165, 1.54) is 12.1 Å². The van der Waals surface area contributed by atoms with Crippen LogP contribution in [-0.4, -0.2) is 88.9 Å². The van der Waals surface area contributed by atoms with Crippen LogP contribution in [0.2, 0.25) is 0 Å². The monoisotopic (exact) mass is 669 g/mol. The summed E-state index contributed by atoms with van der Waals surface area (Å²) in [6.07, 6.45) is -0.345. The van der Waals surface area contributed by atoms with Gasteiger partial charge in [-0.05, 0) is 42.0 Å². The van der Waals surface area contributed by atoms with Crippen molar-refractivity contribution in [2.24, 2.45) is 17.4 Å². The van der Waals surface area contributed by atoms with Crippen molar-refractivity contribution in [3.05, 3.63) is 65.7 Å². The molecule has 2 aromatic rings. The van der Waals surface area contributed by atoms with E-state index in [2.05, 4.69) is 26.6 Å². The highest BCUT2D eigenvalue weighted by Crippen LogP contribution is 2.11. The first kappa shape index (κ1) is 38.7. The summed E-state index contributed by atoms with van der Waals surface area (Å²) in [4.78, 5) is 86.7. The Kier molecular flexibility index (Phi) is 15.5. The molecule has 0 aliphatic rings. The second-order valence-corrected chi connectivity index (χ2v) is 11.4. The Morgan fingerprint density at radius 1 is 0.708 bits per heavy atom. The number of carbonyl (C=O) groups excluding carboxylic acids is 6. The lowest BCUT2D eigenvalue weighted by molar-refractivity contribution is -0.143. The summed E-state index contributed by atoms with van der Waals surface area (Å²) in [5, 5.41) is 31.0. The van der Waals surface area contributed by atoms with Gasteiger partial charge in [-0.3, -0.25) is 28.8 Å². The van der Waals surface area contributed by atoms with Crippen LogP contribution in [-0.2, 0) is 46.4 Å². The van der Waals surface area contributed by atoms with Gasteiger partial charge in [0.2, 0.25) is 35.4 Å². The highest BCUT2D eigenvalue weighted by molar-refractivity contribution is 5.95. The molecule has 0 heterocycles. The van der Waals surface area contributed by atoms with E-state index in [1.807, 2.05) is 0 Å². The van der Waals surface area contributed by atoms with Crippen LogP contribution < -0.4 is 38.1 Å². The molecule has 0 fully saturated rings. The molecule has 16 nitrogen and oxygen atoms in total. The number of hydrogen-bond donors (Lipinski definition) is 9. The molecule has 0 aromatic heterocycles. The molecule has 0 saturated carbocycles. The third-order valence-electron chi connectivity index (χ3n) is 7.07. The molecule has 0 aliphatic carbocycles. The Hall–Kier alpha value is -5.51. The third-order valence-corrected chi connectivity index (χ3v) is 7.07. The maximum Gasteiger partial charge on any atom is 0.326 e. The Balaban J connectivity index is 2.00. The first-order valence-corrected chi connectivity index (χ1v) is 15.2.